The molecule has 0 radical (unpaired) electrons. The molecule has 0 bridgehead atoms. The number of aryl methyl sites for hydroxylation is 1. The number of rotatable bonds is 6. The average Bonchev–Trinajstić information content (AvgIpc) is 2.35. The molecule has 1 unspecified atom stereocenters. The predicted octanol–water partition coefficient (Wildman–Crippen LogP) is 1.95. The molecule has 1 atom stereocenters. The number of nitrogens with zero attached hydrogens (tertiary/aromatic N) is 1. The van der Waals surface area contributed by atoms with E-state index < -0.39 is 0 Å². The van der Waals surface area contributed by atoms with Gasteiger partial charge < -0.3 is 0 Å². The van der Waals surface area contributed by atoms with E-state index in [1.54, 1.807) is 6.20 Å². The Morgan fingerprint density at radius 1 is 1.62 bits per heavy atom. The van der Waals surface area contributed by atoms with E-state index in [0.717, 1.165) is 25.7 Å². The lowest BCUT2D eigenvalue weighted by Crippen LogP contribution is -2.28. The minimum Gasteiger partial charge on any atom is -0.271 e. The third-order valence-corrected chi connectivity index (χ3v) is 2.71. The molecule has 0 spiro atoms. The fourth-order valence-electron chi connectivity index (χ4n) is 1.81. The van der Waals surface area contributed by atoms with Gasteiger partial charge in [0, 0.05) is 24.9 Å². The number of pyridine rings is 1. The summed E-state index contributed by atoms with van der Waals surface area (Å²) in [5, 5.41) is 0. The second-order valence-corrected chi connectivity index (χ2v) is 3.74. The van der Waals surface area contributed by atoms with Gasteiger partial charge in [-0.1, -0.05) is 6.92 Å². The smallest absolute Gasteiger partial charge is 0.0464 e. The lowest BCUT2D eigenvalue weighted by atomic mass is 9.97. The largest absolute Gasteiger partial charge is 0.271 e. The van der Waals surface area contributed by atoms with Crippen molar-refractivity contribution in [1.29, 1.82) is 0 Å². The van der Waals surface area contributed by atoms with Gasteiger partial charge in [0.25, 0.3) is 0 Å². The number of hydrazine groups is 1. The molecule has 3 heteroatoms. The Morgan fingerprint density at radius 2 is 2.44 bits per heavy atom. The van der Waals surface area contributed by atoms with Crippen LogP contribution >= 0.6 is 0 Å². The molecule has 0 aromatic carbocycles. The molecule has 1 aromatic heterocycles. The molecule has 1 heterocycles. The first kappa shape index (κ1) is 12.7. The highest BCUT2D eigenvalue weighted by Gasteiger charge is 2.12. The van der Waals surface area contributed by atoms with Crippen molar-refractivity contribution in [2.75, 3.05) is 0 Å². The van der Waals surface area contributed by atoms with Gasteiger partial charge in [0.1, 0.15) is 0 Å². The highest BCUT2D eigenvalue weighted by Crippen LogP contribution is 2.21. The Kier molecular flexibility index (Phi) is 5.55. The lowest BCUT2D eigenvalue weighted by Gasteiger charge is -2.18. The molecular formula is C13H19N3. The summed E-state index contributed by atoms with van der Waals surface area (Å²) < 4.78 is 0. The zero-order chi connectivity index (χ0) is 11.8. The summed E-state index contributed by atoms with van der Waals surface area (Å²) in [6.45, 7) is 2.12. The third-order valence-electron chi connectivity index (χ3n) is 2.71. The Hall–Kier alpha value is -1.37. The number of unbranched alkanes of at least 4 members (excludes halogenated alkanes) is 1. The van der Waals surface area contributed by atoms with Crippen molar-refractivity contribution in [3.05, 3.63) is 29.6 Å². The molecule has 0 amide bonds. The summed E-state index contributed by atoms with van der Waals surface area (Å²) in [7, 11) is 0. The number of aromatic nitrogens is 1. The van der Waals surface area contributed by atoms with E-state index in [1.165, 1.54) is 11.1 Å². The summed E-state index contributed by atoms with van der Waals surface area (Å²) in [4.78, 5) is 4.13. The molecule has 16 heavy (non-hydrogen) atoms. The van der Waals surface area contributed by atoms with Gasteiger partial charge in [-0.25, -0.2) is 0 Å². The molecule has 0 saturated carbocycles. The quantitative estimate of drug-likeness (QED) is 0.331. The van der Waals surface area contributed by atoms with E-state index in [0.29, 0.717) is 0 Å². The molecular weight excluding hydrogens is 198 g/mol. The van der Waals surface area contributed by atoms with Gasteiger partial charge in [0.2, 0.25) is 0 Å². The average molecular weight is 217 g/mol. The van der Waals surface area contributed by atoms with Crippen LogP contribution < -0.4 is 11.3 Å². The molecule has 3 N–H and O–H groups in total. The molecule has 0 aliphatic rings. The zero-order valence-electron chi connectivity index (χ0n) is 9.74. The van der Waals surface area contributed by atoms with Gasteiger partial charge >= 0.3 is 0 Å². The second kappa shape index (κ2) is 7.00. The van der Waals surface area contributed by atoms with Crippen molar-refractivity contribution in [2.24, 2.45) is 5.84 Å². The zero-order valence-corrected chi connectivity index (χ0v) is 9.74. The van der Waals surface area contributed by atoms with Crippen molar-refractivity contribution >= 4 is 0 Å². The maximum absolute atomic E-state index is 5.59. The van der Waals surface area contributed by atoms with Crippen LogP contribution in [-0.4, -0.2) is 4.98 Å². The van der Waals surface area contributed by atoms with Crippen molar-refractivity contribution < 1.29 is 0 Å². The fourth-order valence-corrected chi connectivity index (χ4v) is 1.81. The van der Waals surface area contributed by atoms with Crippen LogP contribution in [0, 0.1) is 12.3 Å². The van der Waals surface area contributed by atoms with Crippen LogP contribution in [0.25, 0.3) is 0 Å². The highest BCUT2D eigenvalue weighted by molar-refractivity contribution is 5.26. The van der Waals surface area contributed by atoms with Crippen LogP contribution in [0.4, 0.5) is 0 Å². The van der Waals surface area contributed by atoms with Crippen molar-refractivity contribution in [2.45, 2.75) is 38.6 Å². The normalized spacial score (nSPS) is 12.1. The van der Waals surface area contributed by atoms with E-state index in [2.05, 4.69) is 23.3 Å². The first-order valence-electron chi connectivity index (χ1n) is 5.65. The lowest BCUT2D eigenvalue weighted by molar-refractivity contribution is 0.499. The Labute approximate surface area is 97.4 Å². The molecule has 3 nitrogen and oxygen atoms in total. The van der Waals surface area contributed by atoms with Crippen molar-refractivity contribution in [1.82, 2.24) is 10.4 Å². The minimum absolute atomic E-state index is 0.172. The van der Waals surface area contributed by atoms with Crippen LogP contribution in [-0.2, 0) is 6.42 Å². The van der Waals surface area contributed by atoms with Gasteiger partial charge in [-0.05, 0) is 36.5 Å². The van der Waals surface area contributed by atoms with E-state index in [9.17, 15) is 0 Å². The minimum atomic E-state index is 0.172. The fraction of sp³-hybridized carbons (Fsp3) is 0.462. The standard InChI is InChI=1S/C13H19N3/c1-3-5-6-7-13(16-14)12-8-9-15-10-11(12)4-2/h1,8-10,13,16H,4-7,14H2,2H3. The number of nitrogens with one attached hydrogen (secondary N) is 1. The topological polar surface area (TPSA) is 50.9 Å². The first-order valence-corrected chi connectivity index (χ1v) is 5.65. The van der Waals surface area contributed by atoms with Gasteiger partial charge in [-0.2, -0.15) is 0 Å². The highest BCUT2D eigenvalue weighted by atomic mass is 15.2. The second-order valence-electron chi connectivity index (χ2n) is 3.74. The van der Waals surface area contributed by atoms with Gasteiger partial charge in [-0.3, -0.25) is 16.3 Å². The SMILES string of the molecule is C#CCCCC(NN)c1ccncc1CC. The number of nitrogens with two attached hydrogens (primary N) is 1. The number of terminal acetylenes is 1. The molecule has 0 saturated heterocycles. The van der Waals surface area contributed by atoms with E-state index in [-0.39, 0.29) is 6.04 Å². The van der Waals surface area contributed by atoms with Crippen LogP contribution in [0.3, 0.4) is 0 Å². The van der Waals surface area contributed by atoms with Crippen LogP contribution in [0.15, 0.2) is 18.5 Å². The van der Waals surface area contributed by atoms with E-state index >= 15 is 0 Å². The summed E-state index contributed by atoms with van der Waals surface area (Å²) in [6.07, 6.45) is 12.7. The summed E-state index contributed by atoms with van der Waals surface area (Å²) in [5.74, 6) is 8.23. The molecule has 0 aliphatic heterocycles. The van der Waals surface area contributed by atoms with E-state index in [1.807, 2.05) is 12.3 Å². The van der Waals surface area contributed by atoms with Gasteiger partial charge in [0.15, 0.2) is 0 Å². The summed E-state index contributed by atoms with van der Waals surface area (Å²) in [6, 6.07) is 2.20. The summed E-state index contributed by atoms with van der Waals surface area (Å²) >= 11 is 0. The Morgan fingerprint density at radius 3 is 3.06 bits per heavy atom. The van der Waals surface area contributed by atoms with Gasteiger partial charge in [0.05, 0.1) is 0 Å². The Balaban J connectivity index is 2.74. The molecule has 86 valence electrons. The third kappa shape index (κ3) is 3.34. The molecule has 1 rings (SSSR count). The maximum atomic E-state index is 5.59. The molecule has 1 aromatic rings. The van der Waals surface area contributed by atoms with Gasteiger partial charge in [-0.15, -0.1) is 12.3 Å². The monoisotopic (exact) mass is 217 g/mol. The van der Waals surface area contributed by atoms with Crippen LogP contribution in [0.1, 0.15) is 43.4 Å². The van der Waals surface area contributed by atoms with E-state index in [4.69, 9.17) is 12.3 Å². The number of hydrogen-bond donors (Lipinski definition) is 2. The number of hydrogen-bond acceptors (Lipinski definition) is 3. The maximum Gasteiger partial charge on any atom is 0.0464 e. The molecule has 0 fully saturated rings. The summed E-state index contributed by atoms with van der Waals surface area (Å²) in [5.41, 5.74) is 5.33. The van der Waals surface area contributed by atoms with Crippen LogP contribution in [0.5, 0.6) is 0 Å². The van der Waals surface area contributed by atoms with Crippen LogP contribution in [0.2, 0.25) is 0 Å². The molecule has 0 aliphatic carbocycles. The Bertz CT molecular complexity index is 354. The van der Waals surface area contributed by atoms with Crippen molar-refractivity contribution in [3.8, 4) is 12.3 Å². The predicted molar refractivity (Wildman–Crippen MR) is 66.4 cm³/mol. The first-order chi connectivity index (χ1) is 7.83. The van der Waals surface area contributed by atoms with Crippen molar-refractivity contribution in [3.63, 3.8) is 0 Å².